The number of nitrogens with zero attached hydrogens (tertiary/aromatic N) is 2. The number of hydrogen-bond donors (Lipinski definition) is 0. The van der Waals surface area contributed by atoms with Gasteiger partial charge in [0.05, 0.1) is 18.5 Å². The topological polar surface area (TPSA) is 43.2 Å². The van der Waals surface area contributed by atoms with Crippen LogP contribution >= 0.6 is 0 Å². The summed E-state index contributed by atoms with van der Waals surface area (Å²) in [6, 6.07) is 0.478. The van der Waals surface area contributed by atoms with Crippen molar-refractivity contribution >= 4 is 11.8 Å². The summed E-state index contributed by atoms with van der Waals surface area (Å²) in [6.45, 7) is 14.5. The third kappa shape index (κ3) is 3.48. The lowest BCUT2D eigenvalue weighted by Crippen LogP contribution is -2.25. The second-order valence-electron chi connectivity index (χ2n) is 7.61. The third-order valence-corrected chi connectivity index (χ3v) is 3.72. The fourth-order valence-corrected chi connectivity index (χ4v) is 2.06. The second kappa shape index (κ2) is 4.80. The molecule has 0 aromatic heterocycles. The summed E-state index contributed by atoms with van der Waals surface area (Å²) in [5, 5.41) is 0. The summed E-state index contributed by atoms with van der Waals surface area (Å²) in [5.74, 6) is 1.54. The molecule has 2 aliphatic heterocycles. The Bertz CT molecular complexity index is 361. The normalized spacial score (nSPS) is 27.7. The minimum atomic E-state index is 0.147. The number of aliphatic imine (C=N–C) groups is 2. The predicted octanol–water partition coefficient (Wildman–Crippen LogP) is 3.06. The standard InChI is InChI=1S/C15H26N2O2/c1-14(2,3)10-8-18-12(16-10)7-13-17-11(9-19-13)15(4,5)6/h10-11H,7-9H2,1-6H3/t10-,11+. The number of rotatable bonds is 2. The van der Waals surface area contributed by atoms with E-state index in [2.05, 4.69) is 51.5 Å². The fourth-order valence-electron chi connectivity index (χ4n) is 2.06. The molecule has 0 aromatic rings. The molecule has 2 heterocycles. The zero-order valence-corrected chi connectivity index (χ0v) is 13.0. The molecule has 2 atom stereocenters. The Morgan fingerprint density at radius 3 is 1.47 bits per heavy atom. The molecule has 2 rings (SSSR count). The molecule has 108 valence electrons. The summed E-state index contributed by atoms with van der Waals surface area (Å²) in [6.07, 6.45) is 0.596. The van der Waals surface area contributed by atoms with E-state index >= 15 is 0 Å². The van der Waals surface area contributed by atoms with Gasteiger partial charge >= 0.3 is 0 Å². The highest BCUT2D eigenvalue weighted by Crippen LogP contribution is 2.29. The van der Waals surface area contributed by atoms with Gasteiger partial charge < -0.3 is 9.47 Å². The Labute approximate surface area is 116 Å². The van der Waals surface area contributed by atoms with E-state index in [9.17, 15) is 0 Å². The van der Waals surface area contributed by atoms with Crippen molar-refractivity contribution in [2.45, 2.75) is 60.0 Å². The van der Waals surface area contributed by atoms with Crippen LogP contribution in [0, 0.1) is 10.8 Å². The fraction of sp³-hybridized carbons (Fsp3) is 0.867. The molecule has 0 unspecified atom stereocenters. The van der Waals surface area contributed by atoms with Crippen LogP contribution in [0.15, 0.2) is 9.98 Å². The van der Waals surface area contributed by atoms with Crippen molar-refractivity contribution in [3.8, 4) is 0 Å². The highest BCUT2D eigenvalue weighted by molar-refractivity contribution is 5.98. The van der Waals surface area contributed by atoms with Crippen molar-refractivity contribution in [3.63, 3.8) is 0 Å². The van der Waals surface area contributed by atoms with Crippen molar-refractivity contribution in [3.05, 3.63) is 0 Å². The SMILES string of the molecule is CC(C)(C)[C@@H]1COC(CC2=N[C@@H](C(C)(C)C)CO2)=N1. The lowest BCUT2D eigenvalue weighted by molar-refractivity contribution is 0.228. The number of hydrogen-bond acceptors (Lipinski definition) is 4. The molecule has 19 heavy (non-hydrogen) atoms. The smallest absolute Gasteiger partial charge is 0.193 e. The van der Waals surface area contributed by atoms with Crippen molar-refractivity contribution in [2.75, 3.05) is 13.2 Å². The molecule has 0 radical (unpaired) electrons. The highest BCUT2D eigenvalue weighted by atomic mass is 16.5. The van der Waals surface area contributed by atoms with Crippen molar-refractivity contribution in [2.24, 2.45) is 20.8 Å². The average Bonchev–Trinajstić information content (AvgIpc) is 2.84. The van der Waals surface area contributed by atoms with Gasteiger partial charge in [0.1, 0.15) is 13.2 Å². The molecule has 0 bridgehead atoms. The molecule has 0 N–H and O–H groups in total. The Hall–Kier alpha value is -1.06. The maximum Gasteiger partial charge on any atom is 0.193 e. The van der Waals surface area contributed by atoms with E-state index in [1.807, 2.05) is 0 Å². The molecule has 0 saturated carbocycles. The monoisotopic (exact) mass is 266 g/mol. The molecule has 0 fully saturated rings. The van der Waals surface area contributed by atoms with Gasteiger partial charge in [0, 0.05) is 0 Å². The van der Waals surface area contributed by atoms with Gasteiger partial charge in [-0.1, -0.05) is 41.5 Å². The maximum absolute atomic E-state index is 5.66. The predicted molar refractivity (Wildman–Crippen MR) is 77.9 cm³/mol. The first-order valence-electron chi connectivity index (χ1n) is 7.05. The van der Waals surface area contributed by atoms with Gasteiger partial charge in [-0.3, -0.25) is 0 Å². The Kier molecular flexibility index (Phi) is 3.63. The lowest BCUT2D eigenvalue weighted by atomic mass is 9.88. The van der Waals surface area contributed by atoms with Crippen LogP contribution in [0.5, 0.6) is 0 Å². The Balaban J connectivity index is 1.97. The molecule has 4 heteroatoms. The van der Waals surface area contributed by atoms with Gasteiger partial charge in [-0.25, -0.2) is 9.98 Å². The molecule has 4 nitrogen and oxygen atoms in total. The zero-order chi connectivity index (χ0) is 14.3. The van der Waals surface area contributed by atoms with Gasteiger partial charge in [-0.2, -0.15) is 0 Å². The molecule has 0 spiro atoms. The maximum atomic E-state index is 5.66. The van der Waals surface area contributed by atoms with E-state index in [0.29, 0.717) is 19.6 Å². The van der Waals surface area contributed by atoms with Crippen LogP contribution in [-0.4, -0.2) is 37.1 Å². The second-order valence-corrected chi connectivity index (χ2v) is 7.61. The number of ether oxygens (including phenoxy) is 2. The van der Waals surface area contributed by atoms with E-state index in [4.69, 9.17) is 9.47 Å². The van der Waals surface area contributed by atoms with Gasteiger partial charge in [0.25, 0.3) is 0 Å². The molecule has 0 aliphatic carbocycles. The van der Waals surface area contributed by atoms with Gasteiger partial charge in [0.15, 0.2) is 11.8 Å². The molecule has 2 aliphatic rings. The quantitative estimate of drug-likeness (QED) is 0.771. The first-order chi connectivity index (χ1) is 8.66. The minimum absolute atomic E-state index is 0.147. The van der Waals surface area contributed by atoms with Crippen LogP contribution in [0.4, 0.5) is 0 Å². The van der Waals surface area contributed by atoms with Crippen molar-refractivity contribution < 1.29 is 9.47 Å². The van der Waals surface area contributed by atoms with Crippen LogP contribution in [0.3, 0.4) is 0 Å². The van der Waals surface area contributed by atoms with E-state index < -0.39 is 0 Å². The van der Waals surface area contributed by atoms with E-state index in [-0.39, 0.29) is 22.9 Å². The van der Waals surface area contributed by atoms with Crippen LogP contribution in [0.25, 0.3) is 0 Å². The van der Waals surface area contributed by atoms with Crippen LogP contribution in [-0.2, 0) is 9.47 Å². The van der Waals surface area contributed by atoms with Crippen molar-refractivity contribution in [1.29, 1.82) is 0 Å². The molecule has 0 amide bonds. The van der Waals surface area contributed by atoms with Crippen LogP contribution in [0.2, 0.25) is 0 Å². The first-order valence-corrected chi connectivity index (χ1v) is 7.05. The highest BCUT2D eigenvalue weighted by Gasteiger charge is 2.33. The van der Waals surface area contributed by atoms with Crippen molar-refractivity contribution in [1.82, 2.24) is 0 Å². The van der Waals surface area contributed by atoms with Gasteiger partial charge in [-0.15, -0.1) is 0 Å². The summed E-state index contributed by atoms with van der Waals surface area (Å²) in [7, 11) is 0. The first kappa shape index (κ1) is 14.4. The Morgan fingerprint density at radius 2 is 1.21 bits per heavy atom. The van der Waals surface area contributed by atoms with E-state index in [0.717, 1.165) is 11.8 Å². The molecular weight excluding hydrogens is 240 g/mol. The van der Waals surface area contributed by atoms with Crippen LogP contribution in [0.1, 0.15) is 48.0 Å². The average molecular weight is 266 g/mol. The van der Waals surface area contributed by atoms with Gasteiger partial charge in [-0.05, 0) is 10.8 Å². The summed E-state index contributed by atoms with van der Waals surface area (Å²) < 4.78 is 11.3. The van der Waals surface area contributed by atoms with Crippen LogP contribution < -0.4 is 0 Å². The van der Waals surface area contributed by atoms with E-state index in [1.54, 1.807) is 0 Å². The zero-order valence-electron chi connectivity index (χ0n) is 13.0. The lowest BCUT2D eigenvalue weighted by Gasteiger charge is -2.21. The third-order valence-electron chi connectivity index (χ3n) is 3.72. The summed E-state index contributed by atoms with van der Waals surface area (Å²) in [5.41, 5.74) is 0.294. The summed E-state index contributed by atoms with van der Waals surface area (Å²) >= 11 is 0. The molecule has 0 saturated heterocycles. The van der Waals surface area contributed by atoms with Gasteiger partial charge in [0.2, 0.25) is 0 Å². The molecule has 0 aromatic carbocycles. The largest absolute Gasteiger partial charge is 0.478 e. The van der Waals surface area contributed by atoms with E-state index in [1.165, 1.54) is 0 Å². The minimum Gasteiger partial charge on any atom is -0.478 e. The molecular formula is C15H26N2O2. The Morgan fingerprint density at radius 1 is 0.842 bits per heavy atom. The summed E-state index contributed by atoms with van der Waals surface area (Å²) in [4.78, 5) is 9.29.